The van der Waals surface area contributed by atoms with E-state index in [1.54, 1.807) is 74.5 Å². The van der Waals surface area contributed by atoms with Gasteiger partial charge in [-0.1, -0.05) is 50.2 Å². The van der Waals surface area contributed by atoms with Crippen molar-refractivity contribution in [3.8, 4) is 5.69 Å². The lowest BCUT2D eigenvalue weighted by atomic mass is 10.1. The Hall–Kier alpha value is -3.66. The van der Waals surface area contributed by atoms with Crippen molar-refractivity contribution in [1.29, 1.82) is 0 Å². The lowest BCUT2D eigenvalue weighted by Crippen LogP contribution is -2.21. The van der Waals surface area contributed by atoms with Crippen molar-refractivity contribution in [2.45, 2.75) is 25.0 Å². The number of alkyl halides is 3. The molecule has 0 saturated carbocycles. The first-order valence-electron chi connectivity index (χ1n) is 10.8. The van der Waals surface area contributed by atoms with Crippen LogP contribution in [0.4, 0.5) is 24.7 Å². The summed E-state index contributed by atoms with van der Waals surface area (Å²) in [4.78, 5) is 17.2. The zero-order valence-electron chi connectivity index (χ0n) is 18.9. The van der Waals surface area contributed by atoms with Crippen molar-refractivity contribution in [3.05, 3.63) is 88.6 Å². The quantitative estimate of drug-likeness (QED) is 0.373. The first-order chi connectivity index (χ1) is 16.5. The highest BCUT2D eigenvalue weighted by molar-refractivity contribution is 7.91. The molecule has 0 fully saturated rings. The molecule has 1 N–H and O–H groups in total. The number of sulfone groups is 1. The van der Waals surface area contributed by atoms with Crippen LogP contribution in [0.2, 0.25) is 0 Å². The average Bonchev–Trinajstić information content (AvgIpc) is 2.78. The molecule has 0 amide bonds. The van der Waals surface area contributed by atoms with Gasteiger partial charge in [0.1, 0.15) is 5.82 Å². The zero-order valence-corrected chi connectivity index (χ0v) is 19.7. The summed E-state index contributed by atoms with van der Waals surface area (Å²) in [6.07, 6.45) is -4.98. The van der Waals surface area contributed by atoms with Gasteiger partial charge < -0.3 is 5.32 Å². The topological polar surface area (TPSA) is 81.1 Å². The summed E-state index contributed by atoms with van der Waals surface area (Å²) in [5.74, 6) is -0.589. The summed E-state index contributed by atoms with van der Waals surface area (Å²) in [6, 6.07) is 18.6. The molecule has 10 heteroatoms. The molecule has 6 nitrogen and oxygen atoms in total. The Morgan fingerprint density at radius 1 is 0.971 bits per heavy atom. The third kappa shape index (κ3) is 5.07. The minimum absolute atomic E-state index is 0.138. The number of benzene rings is 2. The molecule has 0 bridgehead atoms. The Balaban J connectivity index is 2.14. The number of halogens is 3. The predicted octanol–water partition coefficient (Wildman–Crippen LogP) is 5.58. The maximum Gasteiger partial charge on any atom is 0.417 e. The Bertz CT molecular complexity index is 1530. The van der Waals surface area contributed by atoms with Gasteiger partial charge in [0.2, 0.25) is 0 Å². The molecule has 0 spiro atoms. The summed E-state index contributed by atoms with van der Waals surface area (Å²) in [5, 5.41) is 1.61. The first-order valence-corrected chi connectivity index (χ1v) is 12.4. The highest BCUT2D eigenvalue weighted by Gasteiger charge is 2.37. The number of para-hydroxylation sites is 2. The van der Waals surface area contributed by atoms with Crippen LogP contribution >= 0.6 is 0 Å². The number of hydrogen-bond donors (Lipinski definition) is 1. The Kier molecular flexibility index (Phi) is 6.42. The normalized spacial score (nSPS) is 12.3. The number of nitrogens with zero attached hydrogens (tertiary/aromatic N) is 2. The van der Waals surface area contributed by atoms with Crippen molar-refractivity contribution in [2.24, 2.45) is 5.92 Å². The van der Waals surface area contributed by atoms with E-state index in [2.05, 4.69) is 10.3 Å². The molecule has 0 atom stereocenters. The molecule has 0 aliphatic carbocycles. The van der Waals surface area contributed by atoms with Gasteiger partial charge in [0.15, 0.2) is 25.9 Å². The van der Waals surface area contributed by atoms with E-state index in [0.717, 1.165) is 6.07 Å². The van der Waals surface area contributed by atoms with Gasteiger partial charge >= 0.3 is 6.18 Å². The summed E-state index contributed by atoms with van der Waals surface area (Å²) in [5.41, 5.74) is -1.70. The number of fused-ring (bicyclic) bond motifs is 1. The van der Waals surface area contributed by atoms with Crippen molar-refractivity contribution in [3.63, 3.8) is 0 Å². The van der Waals surface area contributed by atoms with Crippen LogP contribution in [0.5, 0.6) is 0 Å². The standard InChI is InChI=1S/C25H22F3N3O3S/c1-16(2)15-35(33,34)22-13-19(25(26,27)28)23-20(32)14-21(29-17-9-5-3-6-10-17)31(24(23)30-22)18-11-7-4-8-12-18/h3-14,16,29H,15H2,1-2H3. The van der Waals surface area contributed by atoms with Gasteiger partial charge in [-0.05, 0) is 36.2 Å². The molecule has 0 radical (unpaired) electrons. The van der Waals surface area contributed by atoms with Crippen LogP contribution in [0.3, 0.4) is 0 Å². The van der Waals surface area contributed by atoms with E-state index >= 15 is 0 Å². The third-order valence-corrected chi connectivity index (χ3v) is 7.13. The second-order valence-corrected chi connectivity index (χ2v) is 10.4. The highest BCUT2D eigenvalue weighted by Crippen LogP contribution is 2.36. The molecule has 4 rings (SSSR count). The van der Waals surface area contributed by atoms with Crippen LogP contribution in [-0.2, 0) is 16.0 Å². The van der Waals surface area contributed by atoms with E-state index in [0.29, 0.717) is 17.4 Å². The number of hydrogen-bond acceptors (Lipinski definition) is 5. The number of anilines is 2. The van der Waals surface area contributed by atoms with Gasteiger partial charge in [-0.25, -0.2) is 13.4 Å². The van der Waals surface area contributed by atoms with Crippen molar-refractivity contribution >= 4 is 32.4 Å². The number of pyridine rings is 2. The van der Waals surface area contributed by atoms with Crippen LogP contribution in [-0.4, -0.2) is 23.7 Å². The molecule has 2 aromatic carbocycles. The van der Waals surface area contributed by atoms with Gasteiger partial charge in [0.05, 0.1) is 16.7 Å². The molecule has 2 aromatic heterocycles. The van der Waals surface area contributed by atoms with Gasteiger partial charge in [0.25, 0.3) is 0 Å². The summed E-state index contributed by atoms with van der Waals surface area (Å²) in [6.45, 7) is 3.29. The fourth-order valence-electron chi connectivity index (χ4n) is 3.80. The molecule has 0 saturated heterocycles. The minimum Gasteiger partial charge on any atom is -0.341 e. The minimum atomic E-state index is -4.98. The van der Waals surface area contributed by atoms with Crippen molar-refractivity contribution in [1.82, 2.24) is 9.55 Å². The molecule has 0 aliphatic heterocycles. The van der Waals surface area contributed by atoms with Crippen LogP contribution < -0.4 is 10.7 Å². The second kappa shape index (κ2) is 9.18. The first kappa shape index (κ1) is 24.5. The van der Waals surface area contributed by atoms with E-state index in [1.165, 1.54) is 4.57 Å². The monoisotopic (exact) mass is 501 g/mol. The van der Waals surface area contributed by atoms with Crippen molar-refractivity contribution in [2.75, 3.05) is 11.1 Å². The Labute approximate surface area is 200 Å². The highest BCUT2D eigenvalue weighted by atomic mass is 32.2. The van der Waals surface area contributed by atoms with Crippen molar-refractivity contribution < 1.29 is 21.6 Å². The van der Waals surface area contributed by atoms with Crippen LogP contribution in [0.1, 0.15) is 19.4 Å². The van der Waals surface area contributed by atoms with Crippen LogP contribution in [0.25, 0.3) is 16.7 Å². The number of aromatic nitrogens is 2. The second-order valence-electron chi connectivity index (χ2n) is 8.44. The maximum atomic E-state index is 14.1. The molecular weight excluding hydrogens is 479 g/mol. The van der Waals surface area contributed by atoms with E-state index in [4.69, 9.17) is 0 Å². The fraction of sp³-hybridized carbons (Fsp3) is 0.200. The molecule has 4 aromatic rings. The van der Waals surface area contributed by atoms with Gasteiger partial charge in [-0.2, -0.15) is 13.2 Å². The van der Waals surface area contributed by atoms with E-state index in [1.807, 2.05) is 0 Å². The lowest BCUT2D eigenvalue weighted by molar-refractivity contribution is -0.136. The largest absolute Gasteiger partial charge is 0.417 e. The maximum absolute atomic E-state index is 14.1. The van der Waals surface area contributed by atoms with E-state index < -0.39 is 43.1 Å². The van der Waals surface area contributed by atoms with Crippen LogP contribution in [0, 0.1) is 5.92 Å². The van der Waals surface area contributed by atoms with Crippen LogP contribution in [0.15, 0.2) is 82.6 Å². The summed E-state index contributed by atoms with van der Waals surface area (Å²) >= 11 is 0. The smallest absolute Gasteiger partial charge is 0.341 e. The SMILES string of the molecule is CC(C)CS(=O)(=O)c1cc(C(F)(F)F)c2c(=O)cc(Nc3ccccc3)n(-c3ccccc3)c2n1. The van der Waals surface area contributed by atoms with E-state index in [9.17, 15) is 26.4 Å². The fourth-order valence-corrected chi connectivity index (χ4v) is 5.37. The molecule has 0 unspecified atom stereocenters. The molecule has 2 heterocycles. The van der Waals surface area contributed by atoms with Gasteiger partial charge in [0, 0.05) is 17.4 Å². The van der Waals surface area contributed by atoms with Gasteiger partial charge in [-0.15, -0.1) is 0 Å². The number of nitrogens with one attached hydrogen (secondary N) is 1. The Morgan fingerprint density at radius 3 is 2.14 bits per heavy atom. The Morgan fingerprint density at radius 2 is 1.57 bits per heavy atom. The third-order valence-electron chi connectivity index (χ3n) is 5.18. The number of rotatable bonds is 6. The summed E-state index contributed by atoms with van der Waals surface area (Å²) < 4.78 is 69.6. The molecule has 0 aliphatic rings. The molecule has 35 heavy (non-hydrogen) atoms. The average molecular weight is 502 g/mol. The lowest BCUT2D eigenvalue weighted by Gasteiger charge is -2.20. The molecule has 182 valence electrons. The van der Waals surface area contributed by atoms with E-state index in [-0.39, 0.29) is 17.5 Å². The summed E-state index contributed by atoms with van der Waals surface area (Å²) in [7, 11) is -4.16. The zero-order chi connectivity index (χ0) is 25.4. The molecular formula is C25H22F3N3O3S. The van der Waals surface area contributed by atoms with Gasteiger partial charge in [-0.3, -0.25) is 9.36 Å². The predicted molar refractivity (Wildman–Crippen MR) is 129 cm³/mol.